The van der Waals surface area contributed by atoms with Crippen molar-refractivity contribution < 1.29 is 47.3 Å². The van der Waals surface area contributed by atoms with Crippen LogP contribution in [0.1, 0.15) is 31.8 Å². The van der Waals surface area contributed by atoms with Crippen LogP contribution in [0.15, 0.2) is 78.8 Å². The van der Waals surface area contributed by atoms with Crippen LogP contribution in [-0.2, 0) is 14.3 Å². The van der Waals surface area contributed by atoms with E-state index in [2.05, 4.69) is 0 Å². The molecule has 12 heteroatoms. The first-order chi connectivity index (χ1) is 20.6. The molecular weight excluding hydrogens is 564 g/mol. The molecule has 43 heavy (non-hydrogen) atoms. The summed E-state index contributed by atoms with van der Waals surface area (Å²) in [6, 6.07) is 8.04. The standard InChI is InChI=1S/C31H24O12/c1-38-24-11-16(9-20-22(30(36)40-3)14-26(34)42-28(20)24)5-7-18(32)13-19(33)8-6-17-10-21-23(31(37)41-4)15-27(35)43-29(21)25(12-17)39-2/h5-15,32H,1-4H3/b7-5+,8-6+,18-13-. The fourth-order valence-electron chi connectivity index (χ4n) is 4.16. The number of ether oxygens (including phenoxy) is 4. The summed E-state index contributed by atoms with van der Waals surface area (Å²) in [6.45, 7) is 0. The molecule has 0 unspecified atom stereocenters. The lowest BCUT2D eigenvalue weighted by Gasteiger charge is -2.09. The number of aliphatic hydroxyl groups excluding tert-OH is 1. The van der Waals surface area contributed by atoms with Gasteiger partial charge in [-0.2, -0.15) is 0 Å². The zero-order valence-corrected chi connectivity index (χ0v) is 23.3. The molecule has 4 aromatic rings. The Labute approximate surface area is 242 Å². The molecule has 0 saturated heterocycles. The van der Waals surface area contributed by atoms with E-state index in [-0.39, 0.29) is 44.6 Å². The van der Waals surface area contributed by atoms with Crippen molar-refractivity contribution >= 4 is 51.8 Å². The van der Waals surface area contributed by atoms with E-state index in [0.717, 1.165) is 18.2 Å². The first kappa shape index (κ1) is 30.1. The lowest BCUT2D eigenvalue weighted by atomic mass is 10.0. The third-order valence-electron chi connectivity index (χ3n) is 6.09. The molecule has 0 fully saturated rings. The van der Waals surface area contributed by atoms with Gasteiger partial charge in [-0.1, -0.05) is 12.2 Å². The Bertz CT molecular complexity index is 1970. The zero-order chi connectivity index (χ0) is 31.3. The summed E-state index contributed by atoms with van der Waals surface area (Å²) < 4.78 is 30.5. The highest BCUT2D eigenvalue weighted by molar-refractivity contribution is 6.06. The molecule has 2 aromatic carbocycles. The fraction of sp³-hybridized carbons (Fsp3) is 0.129. The molecular formula is C31H24O12. The Hall–Kier alpha value is -5.91. The molecule has 0 bridgehead atoms. The van der Waals surface area contributed by atoms with Crippen molar-refractivity contribution in [2.45, 2.75) is 0 Å². The van der Waals surface area contributed by atoms with Crippen LogP contribution in [-0.4, -0.2) is 51.3 Å². The number of hydrogen-bond acceptors (Lipinski definition) is 12. The van der Waals surface area contributed by atoms with Crippen molar-refractivity contribution in [3.63, 3.8) is 0 Å². The van der Waals surface area contributed by atoms with Gasteiger partial charge in [0, 0.05) is 29.0 Å². The van der Waals surface area contributed by atoms with Crippen LogP contribution in [0, 0.1) is 0 Å². The SMILES string of the molecule is COC(=O)c1cc(=O)oc2c(OC)cc(/C=C/C(=O)/C=C(O)/C=C/c3cc(OC)c4oc(=O)cc(C(=O)OC)c4c3)cc12. The van der Waals surface area contributed by atoms with Crippen molar-refractivity contribution in [2.24, 2.45) is 0 Å². The highest BCUT2D eigenvalue weighted by atomic mass is 16.5. The average Bonchev–Trinajstić information content (AvgIpc) is 3.00. The second-order valence-electron chi connectivity index (χ2n) is 8.78. The Kier molecular flexibility index (Phi) is 8.90. The highest BCUT2D eigenvalue weighted by Crippen LogP contribution is 2.31. The maximum Gasteiger partial charge on any atom is 0.338 e. The number of hydrogen-bond donors (Lipinski definition) is 1. The first-order valence-corrected chi connectivity index (χ1v) is 12.4. The van der Waals surface area contributed by atoms with Gasteiger partial charge in [-0.15, -0.1) is 0 Å². The van der Waals surface area contributed by atoms with Gasteiger partial charge in [-0.05, 0) is 47.5 Å². The van der Waals surface area contributed by atoms with Crippen molar-refractivity contribution in [3.8, 4) is 11.5 Å². The lowest BCUT2D eigenvalue weighted by Crippen LogP contribution is -2.08. The smallest absolute Gasteiger partial charge is 0.338 e. The molecule has 0 amide bonds. The van der Waals surface area contributed by atoms with E-state index < -0.39 is 34.7 Å². The molecule has 0 spiro atoms. The molecule has 12 nitrogen and oxygen atoms in total. The van der Waals surface area contributed by atoms with Gasteiger partial charge in [0.1, 0.15) is 5.76 Å². The van der Waals surface area contributed by atoms with Crippen LogP contribution in [0.25, 0.3) is 34.1 Å². The molecule has 0 atom stereocenters. The minimum atomic E-state index is -0.768. The largest absolute Gasteiger partial charge is 0.508 e. The molecule has 0 aliphatic rings. The monoisotopic (exact) mass is 588 g/mol. The van der Waals surface area contributed by atoms with Gasteiger partial charge in [-0.25, -0.2) is 19.2 Å². The highest BCUT2D eigenvalue weighted by Gasteiger charge is 2.18. The Balaban J connectivity index is 1.63. The van der Waals surface area contributed by atoms with Crippen LogP contribution in [0.2, 0.25) is 0 Å². The number of rotatable bonds is 9. The number of benzene rings is 2. The molecule has 2 aromatic heterocycles. The van der Waals surface area contributed by atoms with E-state index in [0.29, 0.717) is 11.1 Å². The van der Waals surface area contributed by atoms with E-state index in [1.165, 1.54) is 77.0 Å². The molecule has 1 N–H and O–H groups in total. The van der Waals surface area contributed by atoms with Gasteiger partial charge < -0.3 is 32.9 Å². The molecule has 220 valence electrons. The molecule has 0 saturated carbocycles. The first-order valence-electron chi connectivity index (χ1n) is 12.4. The number of fused-ring (bicyclic) bond motifs is 2. The van der Waals surface area contributed by atoms with Crippen molar-refractivity contribution in [3.05, 3.63) is 103 Å². The van der Waals surface area contributed by atoms with E-state index >= 15 is 0 Å². The summed E-state index contributed by atoms with van der Waals surface area (Å²) >= 11 is 0. The number of aliphatic hydroxyl groups is 1. The minimum absolute atomic E-state index is 0.0338. The van der Waals surface area contributed by atoms with E-state index in [1.807, 2.05) is 0 Å². The van der Waals surface area contributed by atoms with Crippen LogP contribution < -0.4 is 20.7 Å². The third-order valence-corrected chi connectivity index (χ3v) is 6.09. The Morgan fingerprint density at radius 1 is 0.674 bits per heavy atom. The lowest BCUT2D eigenvalue weighted by molar-refractivity contribution is -0.110. The van der Waals surface area contributed by atoms with E-state index in [4.69, 9.17) is 27.8 Å². The number of esters is 2. The van der Waals surface area contributed by atoms with E-state index in [1.54, 1.807) is 0 Å². The summed E-state index contributed by atoms with van der Waals surface area (Å²) in [4.78, 5) is 60.8. The van der Waals surface area contributed by atoms with Crippen LogP contribution in [0.5, 0.6) is 11.5 Å². The second-order valence-corrected chi connectivity index (χ2v) is 8.78. The summed E-state index contributed by atoms with van der Waals surface area (Å²) in [7, 11) is 5.05. The predicted molar refractivity (Wildman–Crippen MR) is 155 cm³/mol. The normalized spacial score (nSPS) is 11.8. The maximum absolute atomic E-state index is 12.5. The van der Waals surface area contributed by atoms with Crippen molar-refractivity contribution in [1.82, 2.24) is 0 Å². The third kappa shape index (κ3) is 6.54. The molecule has 0 aliphatic carbocycles. The minimum Gasteiger partial charge on any atom is -0.508 e. The van der Waals surface area contributed by atoms with Crippen LogP contribution in [0.4, 0.5) is 0 Å². The maximum atomic E-state index is 12.5. The van der Waals surface area contributed by atoms with Crippen LogP contribution in [0.3, 0.4) is 0 Å². The topological polar surface area (TPSA) is 169 Å². The number of allylic oxidation sites excluding steroid dienone is 3. The zero-order valence-electron chi connectivity index (χ0n) is 23.3. The van der Waals surface area contributed by atoms with Gasteiger partial charge in [0.25, 0.3) is 0 Å². The summed E-state index contributed by atoms with van der Waals surface area (Å²) in [5, 5.41) is 10.8. The Morgan fingerprint density at radius 2 is 1.12 bits per heavy atom. The average molecular weight is 589 g/mol. The van der Waals surface area contributed by atoms with Crippen molar-refractivity contribution in [1.29, 1.82) is 0 Å². The number of ketones is 1. The number of methoxy groups -OCH3 is 4. The quantitative estimate of drug-likeness (QED) is 0.0972. The fourth-order valence-corrected chi connectivity index (χ4v) is 4.16. The number of carbonyl (C=O) groups is 3. The van der Waals surface area contributed by atoms with Crippen LogP contribution >= 0.6 is 0 Å². The van der Waals surface area contributed by atoms with E-state index in [9.17, 15) is 29.1 Å². The summed E-state index contributed by atoms with van der Waals surface area (Å²) in [5.41, 5.74) is -0.656. The predicted octanol–water partition coefficient (Wildman–Crippen LogP) is 4.23. The molecule has 4 rings (SSSR count). The summed E-state index contributed by atoms with van der Waals surface area (Å²) in [5.74, 6) is -2.19. The molecule has 2 heterocycles. The van der Waals surface area contributed by atoms with Crippen molar-refractivity contribution in [2.75, 3.05) is 28.4 Å². The second kappa shape index (κ2) is 12.7. The van der Waals surface area contributed by atoms with Gasteiger partial charge >= 0.3 is 23.2 Å². The summed E-state index contributed by atoms with van der Waals surface area (Å²) in [6.07, 6.45) is 6.24. The van der Waals surface area contributed by atoms with Gasteiger partial charge in [0.15, 0.2) is 28.4 Å². The number of carbonyl (C=O) groups excluding carboxylic acids is 3. The molecule has 0 radical (unpaired) electrons. The van der Waals surface area contributed by atoms with Gasteiger partial charge in [0.05, 0.1) is 39.6 Å². The Morgan fingerprint density at radius 3 is 1.53 bits per heavy atom. The van der Waals surface area contributed by atoms with Gasteiger partial charge in [-0.3, -0.25) is 4.79 Å². The van der Waals surface area contributed by atoms with Gasteiger partial charge in [0.2, 0.25) is 0 Å². The molecule has 0 aliphatic heterocycles.